The molecule has 4 heteroatoms. The van der Waals surface area contributed by atoms with Crippen LogP contribution in [0.5, 0.6) is 0 Å². The van der Waals surface area contributed by atoms with E-state index in [0.717, 1.165) is 38.7 Å². The third-order valence-corrected chi connectivity index (χ3v) is 4.60. The summed E-state index contributed by atoms with van der Waals surface area (Å²) in [6.07, 6.45) is 5.33. The van der Waals surface area contributed by atoms with Crippen LogP contribution in [0, 0.1) is 17.3 Å². The minimum absolute atomic E-state index is 0.0691. The molecular weight excluding hydrogens is 252 g/mol. The molecule has 0 aromatic carbocycles. The quantitative estimate of drug-likeness (QED) is 0.754. The van der Waals surface area contributed by atoms with Gasteiger partial charge >= 0.3 is 0 Å². The van der Waals surface area contributed by atoms with Gasteiger partial charge < -0.3 is 15.8 Å². The molecule has 1 aliphatic rings. The van der Waals surface area contributed by atoms with E-state index in [1.165, 1.54) is 0 Å². The van der Waals surface area contributed by atoms with Crippen molar-refractivity contribution in [1.29, 1.82) is 0 Å². The van der Waals surface area contributed by atoms with Gasteiger partial charge in [-0.25, -0.2) is 0 Å². The van der Waals surface area contributed by atoms with Crippen molar-refractivity contribution in [3.8, 4) is 0 Å². The van der Waals surface area contributed by atoms with E-state index >= 15 is 0 Å². The average Bonchev–Trinajstić information content (AvgIpc) is 2.42. The van der Waals surface area contributed by atoms with E-state index in [9.17, 15) is 4.79 Å². The molecule has 0 spiro atoms. The predicted octanol–water partition coefficient (Wildman–Crippen LogP) is 2.32. The van der Waals surface area contributed by atoms with Crippen LogP contribution in [0.1, 0.15) is 52.9 Å². The molecular formula is C16H32N2O2. The molecule has 118 valence electrons. The van der Waals surface area contributed by atoms with Crippen molar-refractivity contribution in [2.24, 2.45) is 23.0 Å². The second-order valence-electron chi connectivity index (χ2n) is 7.10. The fourth-order valence-corrected chi connectivity index (χ4v) is 2.89. The Morgan fingerprint density at radius 3 is 2.75 bits per heavy atom. The van der Waals surface area contributed by atoms with Crippen LogP contribution in [0.2, 0.25) is 0 Å². The smallest absolute Gasteiger partial charge is 0.223 e. The Morgan fingerprint density at radius 1 is 1.45 bits per heavy atom. The Balaban J connectivity index is 2.37. The molecule has 1 fully saturated rings. The first kappa shape index (κ1) is 17.4. The number of hydrogen-bond donors (Lipinski definition) is 2. The lowest BCUT2D eigenvalue weighted by atomic mass is 9.78. The number of nitrogens with one attached hydrogen (secondary N) is 1. The molecule has 1 rings (SSSR count). The fourth-order valence-electron chi connectivity index (χ4n) is 2.89. The Bertz CT molecular complexity index is 305. The first-order chi connectivity index (χ1) is 9.35. The molecule has 1 saturated carbocycles. The monoisotopic (exact) mass is 284 g/mol. The minimum Gasteiger partial charge on any atom is -0.385 e. The lowest BCUT2D eigenvalue weighted by molar-refractivity contribution is -0.127. The van der Waals surface area contributed by atoms with Crippen molar-refractivity contribution in [1.82, 2.24) is 5.32 Å². The number of carbonyl (C=O) groups excluding carboxylic acids is 1. The number of amides is 1. The third-order valence-electron chi connectivity index (χ3n) is 4.60. The zero-order valence-electron chi connectivity index (χ0n) is 13.6. The number of rotatable bonds is 7. The van der Waals surface area contributed by atoms with E-state index in [2.05, 4.69) is 19.2 Å². The van der Waals surface area contributed by atoms with E-state index in [1.807, 2.05) is 6.92 Å². The highest BCUT2D eigenvalue weighted by Gasteiger charge is 2.29. The topological polar surface area (TPSA) is 64.3 Å². The van der Waals surface area contributed by atoms with Crippen LogP contribution in [-0.2, 0) is 9.53 Å². The van der Waals surface area contributed by atoms with Crippen LogP contribution in [0.3, 0.4) is 0 Å². The molecule has 0 heterocycles. The summed E-state index contributed by atoms with van der Waals surface area (Å²) in [5.74, 6) is 0.690. The van der Waals surface area contributed by atoms with E-state index in [-0.39, 0.29) is 23.3 Å². The van der Waals surface area contributed by atoms with Gasteiger partial charge in [0.15, 0.2) is 0 Å². The van der Waals surface area contributed by atoms with Crippen molar-refractivity contribution in [2.45, 2.75) is 58.9 Å². The molecule has 3 atom stereocenters. The van der Waals surface area contributed by atoms with Crippen LogP contribution in [-0.4, -0.2) is 32.2 Å². The van der Waals surface area contributed by atoms with Gasteiger partial charge in [0, 0.05) is 32.2 Å². The Morgan fingerprint density at radius 2 is 2.15 bits per heavy atom. The number of carbonyl (C=O) groups is 1. The maximum Gasteiger partial charge on any atom is 0.223 e. The Labute approximate surface area is 123 Å². The molecule has 0 aromatic rings. The maximum absolute atomic E-state index is 12.3. The van der Waals surface area contributed by atoms with Crippen molar-refractivity contribution < 1.29 is 9.53 Å². The highest BCUT2D eigenvalue weighted by molar-refractivity contribution is 5.78. The predicted molar refractivity (Wildman–Crippen MR) is 82.4 cm³/mol. The normalized spacial score (nSPS) is 25.2. The van der Waals surface area contributed by atoms with Gasteiger partial charge in [0.25, 0.3) is 0 Å². The van der Waals surface area contributed by atoms with E-state index in [1.54, 1.807) is 7.11 Å². The van der Waals surface area contributed by atoms with E-state index in [0.29, 0.717) is 12.5 Å². The van der Waals surface area contributed by atoms with Crippen LogP contribution in [0.25, 0.3) is 0 Å². The molecule has 4 nitrogen and oxygen atoms in total. The third kappa shape index (κ3) is 5.80. The second-order valence-corrected chi connectivity index (χ2v) is 7.10. The van der Waals surface area contributed by atoms with Gasteiger partial charge in [-0.3, -0.25) is 4.79 Å². The Kier molecular flexibility index (Phi) is 6.96. The molecule has 0 saturated heterocycles. The van der Waals surface area contributed by atoms with E-state index in [4.69, 9.17) is 10.5 Å². The molecule has 1 aliphatic carbocycles. The van der Waals surface area contributed by atoms with Gasteiger partial charge in [0.1, 0.15) is 0 Å². The highest BCUT2D eigenvalue weighted by Crippen LogP contribution is 2.29. The molecule has 0 radical (unpaired) electrons. The van der Waals surface area contributed by atoms with Gasteiger partial charge in [0.2, 0.25) is 5.91 Å². The summed E-state index contributed by atoms with van der Waals surface area (Å²) < 4.78 is 5.11. The van der Waals surface area contributed by atoms with Gasteiger partial charge in [-0.05, 0) is 37.0 Å². The van der Waals surface area contributed by atoms with Crippen molar-refractivity contribution >= 4 is 5.91 Å². The van der Waals surface area contributed by atoms with Crippen molar-refractivity contribution in [3.05, 3.63) is 0 Å². The molecule has 1 amide bonds. The minimum atomic E-state index is 0.0691. The van der Waals surface area contributed by atoms with Crippen LogP contribution < -0.4 is 11.1 Å². The summed E-state index contributed by atoms with van der Waals surface area (Å²) in [4.78, 5) is 12.3. The molecule has 20 heavy (non-hydrogen) atoms. The largest absolute Gasteiger partial charge is 0.385 e. The summed E-state index contributed by atoms with van der Waals surface area (Å²) >= 11 is 0. The summed E-state index contributed by atoms with van der Waals surface area (Å²) in [7, 11) is 1.71. The standard InChI is InChI=1S/C16H32N2O2/c1-12(13-6-5-7-14(17)10-13)15(19)18-11-16(2,3)8-9-20-4/h12-14H,5-11,17H2,1-4H3,(H,18,19). The highest BCUT2D eigenvalue weighted by atomic mass is 16.5. The van der Waals surface area contributed by atoms with Gasteiger partial charge in [-0.2, -0.15) is 0 Å². The first-order valence-corrected chi connectivity index (χ1v) is 7.88. The summed E-state index contributed by atoms with van der Waals surface area (Å²) in [6.45, 7) is 7.80. The zero-order chi connectivity index (χ0) is 15.2. The maximum atomic E-state index is 12.3. The lowest BCUT2D eigenvalue weighted by Crippen LogP contribution is -2.41. The fraction of sp³-hybridized carbons (Fsp3) is 0.938. The SMILES string of the molecule is COCCC(C)(C)CNC(=O)C(C)C1CCCC(N)C1. The van der Waals surface area contributed by atoms with Crippen LogP contribution in [0.15, 0.2) is 0 Å². The molecule has 3 unspecified atom stereocenters. The molecule has 0 aromatic heterocycles. The van der Waals surface area contributed by atoms with Gasteiger partial charge in [-0.15, -0.1) is 0 Å². The number of hydrogen-bond acceptors (Lipinski definition) is 3. The number of ether oxygens (including phenoxy) is 1. The summed E-state index contributed by atoms with van der Waals surface area (Å²) in [5, 5.41) is 3.11. The summed E-state index contributed by atoms with van der Waals surface area (Å²) in [5.41, 5.74) is 6.09. The summed E-state index contributed by atoms with van der Waals surface area (Å²) in [6, 6.07) is 0.280. The first-order valence-electron chi connectivity index (χ1n) is 7.88. The van der Waals surface area contributed by atoms with Crippen LogP contribution in [0.4, 0.5) is 0 Å². The van der Waals surface area contributed by atoms with Crippen molar-refractivity contribution in [2.75, 3.05) is 20.3 Å². The second kappa shape index (κ2) is 7.99. The lowest BCUT2D eigenvalue weighted by Gasteiger charge is -2.31. The number of nitrogens with two attached hydrogens (primary N) is 1. The average molecular weight is 284 g/mol. The van der Waals surface area contributed by atoms with Gasteiger partial charge in [-0.1, -0.05) is 27.2 Å². The van der Waals surface area contributed by atoms with E-state index < -0.39 is 0 Å². The van der Waals surface area contributed by atoms with Crippen molar-refractivity contribution in [3.63, 3.8) is 0 Å². The Hall–Kier alpha value is -0.610. The van der Waals surface area contributed by atoms with Crippen LogP contribution >= 0.6 is 0 Å². The zero-order valence-corrected chi connectivity index (χ0v) is 13.6. The molecule has 0 aliphatic heterocycles. The molecule has 3 N–H and O–H groups in total. The molecule has 0 bridgehead atoms. The number of methoxy groups -OCH3 is 1. The van der Waals surface area contributed by atoms with Gasteiger partial charge in [0.05, 0.1) is 0 Å².